The largest absolute Gasteiger partial charge is 0.481 e. The van der Waals surface area contributed by atoms with Crippen molar-refractivity contribution >= 4 is 44.3 Å². The highest BCUT2D eigenvalue weighted by atomic mass is 32.2. The fourth-order valence-corrected chi connectivity index (χ4v) is 6.94. The van der Waals surface area contributed by atoms with E-state index in [4.69, 9.17) is 5.11 Å². The van der Waals surface area contributed by atoms with E-state index in [-0.39, 0.29) is 48.0 Å². The molecule has 25 heavy (non-hydrogen) atoms. The Morgan fingerprint density at radius 3 is 2.60 bits per heavy atom. The highest BCUT2D eigenvalue weighted by Crippen LogP contribution is 2.40. The summed E-state index contributed by atoms with van der Waals surface area (Å²) in [5.41, 5.74) is 0.802. The lowest BCUT2D eigenvalue weighted by molar-refractivity contribution is -0.137. The third-order valence-electron chi connectivity index (χ3n) is 4.10. The zero-order valence-electron chi connectivity index (χ0n) is 13.4. The van der Waals surface area contributed by atoms with Crippen molar-refractivity contribution in [3.8, 4) is 0 Å². The van der Waals surface area contributed by atoms with Gasteiger partial charge in [-0.25, -0.2) is 8.42 Å². The molecule has 0 bridgehead atoms. The van der Waals surface area contributed by atoms with Crippen molar-refractivity contribution in [1.29, 1.82) is 0 Å². The lowest BCUT2D eigenvalue weighted by Gasteiger charge is -2.24. The van der Waals surface area contributed by atoms with E-state index in [2.05, 4.69) is 4.99 Å². The molecule has 2 aliphatic heterocycles. The molecule has 0 saturated carbocycles. The number of fused-ring (bicyclic) bond motifs is 1. The number of carboxylic acid groups (broad SMARTS) is 1. The van der Waals surface area contributed by atoms with Crippen LogP contribution in [-0.2, 0) is 19.4 Å². The van der Waals surface area contributed by atoms with Gasteiger partial charge < -0.3 is 10.0 Å². The Balaban J connectivity index is 1.82. The molecule has 134 valence electrons. The number of aliphatic carboxylic acids is 1. The van der Waals surface area contributed by atoms with E-state index in [9.17, 15) is 18.0 Å². The van der Waals surface area contributed by atoms with Crippen molar-refractivity contribution < 1.29 is 23.1 Å². The van der Waals surface area contributed by atoms with Crippen LogP contribution in [0.5, 0.6) is 0 Å². The molecule has 0 radical (unpaired) electrons. The Labute approximate surface area is 150 Å². The highest BCUT2D eigenvalue weighted by Gasteiger charge is 2.49. The van der Waals surface area contributed by atoms with Crippen LogP contribution in [0.15, 0.2) is 35.3 Å². The van der Waals surface area contributed by atoms with E-state index in [0.29, 0.717) is 5.17 Å². The second-order valence-corrected chi connectivity index (χ2v) is 9.40. The van der Waals surface area contributed by atoms with Crippen LogP contribution in [0.25, 0.3) is 0 Å². The van der Waals surface area contributed by atoms with E-state index in [1.165, 1.54) is 11.8 Å². The number of carboxylic acids is 1. The standard InChI is InChI=1S/C16H18N2O5S2/c19-14(7-4-8-15(20)21)17-16-18(11-5-2-1-3-6-11)12-9-25(22,23)10-13(12)24-16/h1-3,5-6,12-13H,4,7-10H2,(H,20,21). The van der Waals surface area contributed by atoms with Crippen molar-refractivity contribution in [3.63, 3.8) is 0 Å². The number of carbonyl (C=O) groups excluding carboxylic acids is 1. The van der Waals surface area contributed by atoms with E-state index >= 15 is 0 Å². The van der Waals surface area contributed by atoms with Gasteiger partial charge in [-0.1, -0.05) is 30.0 Å². The third kappa shape index (κ3) is 4.21. The predicted molar refractivity (Wildman–Crippen MR) is 96.7 cm³/mol. The molecule has 2 unspecified atom stereocenters. The first kappa shape index (κ1) is 17.9. The molecule has 2 aliphatic rings. The van der Waals surface area contributed by atoms with Crippen LogP contribution in [-0.4, -0.2) is 53.4 Å². The zero-order chi connectivity index (χ0) is 18.0. The summed E-state index contributed by atoms with van der Waals surface area (Å²) in [6.07, 6.45) is 0.227. The smallest absolute Gasteiger partial charge is 0.303 e. The Bertz CT molecular complexity index is 807. The summed E-state index contributed by atoms with van der Waals surface area (Å²) >= 11 is 1.31. The lowest BCUT2D eigenvalue weighted by atomic mass is 10.2. The molecule has 7 nitrogen and oxygen atoms in total. The number of benzene rings is 1. The fraction of sp³-hybridized carbons (Fsp3) is 0.438. The molecule has 1 N–H and O–H groups in total. The summed E-state index contributed by atoms with van der Waals surface area (Å²) in [6, 6.07) is 9.05. The number of nitrogens with zero attached hydrogens (tertiary/aromatic N) is 2. The second-order valence-electron chi connectivity index (χ2n) is 6.04. The molecule has 1 aromatic carbocycles. The minimum absolute atomic E-state index is 0.0474. The average Bonchev–Trinajstić information content (AvgIpc) is 2.98. The number of hydrogen-bond acceptors (Lipinski definition) is 5. The van der Waals surface area contributed by atoms with Gasteiger partial charge in [0.05, 0.1) is 17.5 Å². The van der Waals surface area contributed by atoms with Gasteiger partial charge in [-0.15, -0.1) is 0 Å². The Morgan fingerprint density at radius 1 is 1.20 bits per heavy atom. The molecular weight excluding hydrogens is 364 g/mol. The first-order chi connectivity index (χ1) is 11.9. The van der Waals surface area contributed by atoms with Gasteiger partial charge in [0, 0.05) is 23.8 Å². The van der Waals surface area contributed by atoms with Crippen molar-refractivity contribution in [1.82, 2.24) is 0 Å². The molecule has 0 aliphatic carbocycles. The van der Waals surface area contributed by atoms with Crippen LogP contribution in [0, 0.1) is 0 Å². The maximum atomic E-state index is 12.1. The topological polar surface area (TPSA) is 104 Å². The van der Waals surface area contributed by atoms with Crippen LogP contribution in [0.1, 0.15) is 19.3 Å². The molecule has 2 atom stereocenters. The van der Waals surface area contributed by atoms with Crippen LogP contribution in [0.3, 0.4) is 0 Å². The predicted octanol–water partition coefficient (Wildman–Crippen LogP) is 1.54. The van der Waals surface area contributed by atoms with Gasteiger partial charge in [0.2, 0.25) is 5.91 Å². The lowest BCUT2D eigenvalue weighted by Crippen LogP contribution is -2.37. The number of hydrogen-bond donors (Lipinski definition) is 1. The fourth-order valence-electron chi connectivity index (χ4n) is 3.01. The summed E-state index contributed by atoms with van der Waals surface area (Å²) < 4.78 is 23.9. The van der Waals surface area contributed by atoms with Gasteiger partial charge in [0.1, 0.15) is 0 Å². The summed E-state index contributed by atoms with van der Waals surface area (Å²) in [6.45, 7) is 0. The van der Waals surface area contributed by atoms with Crippen LogP contribution in [0.2, 0.25) is 0 Å². The van der Waals surface area contributed by atoms with E-state index in [0.717, 1.165) is 5.69 Å². The monoisotopic (exact) mass is 382 g/mol. The molecular formula is C16H18N2O5S2. The van der Waals surface area contributed by atoms with E-state index in [1.54, 1.807) is 0 Å². The van der Waals surface area contributed by atoms with Crippen LogP contribution in [0.4, 0.5) is 5.69 Å². The van der Waals surface area contributed by atoms with Crippen molar-refractivity contribution in [2.24, 2.45) is 4.99 Å². The average molecular weight is 382 g/mol. The molecule has 9 heteroatoms. The van der Waals surface area contributed by atoms with Crippen LogP contribution < -0.4 is 4.90 Å². The summed E-state index contributed by atoms with van der Waals surface area (Å²) in [5.74, 6) is -1.20. The van der Waals surface area contributed by atoms with Gasteiger partial charge in [-0.05, 0) is 18.6 Å². The first-order valence-electron chi connectivity index (χ1n) is 7.90. The normalized spacial score (nSPS) is 25.9. The van der Waals surface area contributed by atoms with Gasteiger partial charge in [-0.3, -0.25) is 9.59 Å². The van der Waals surface area contributed by atoms with Crippen molar-refractivity contribution in [3.05, 3.63) is 30.3 Å². The first-order valence-corrected chi connectivity index (χ1v) is 10.6. The minimum Gasteiger partial charge on any atom is -0.481 e. The maximum absolute atomic E-state index is 12.1. The molecule has 1 amide bonds. The maximum Gasteiger partial charge on any atom is 0.303 e. The van der Waals surface area contributed by atoms with Gasteiger partial charge in [-0.2, -0.15) is 4.99 Å². The van der Waals surface area contributed by atoms with Gasteiger partial charge >= 0.3 is 5.97 Å². The minimum atomic E-state index is -3.09. The number of amidine groups is 1. The van der Waals surface area contributed by atoms with E-state index < -0.39 is 15.8 Å². The third-order valence-corrected chi connectivity index (χ3v) is 7.31. The van der Waals surface area contributed by atoms with E-state index in [1.807, 2.05) is 35.2 Å². The Hall–Kier alpha value is -1.87. The van der Waals surface area contributed by atoms with Crippen molar-refractivity contribution in [2.45, 2.75) is 30.6 Å². The highest BCUT2D eigenvalue weighted by molar-refractivity contribution is 8.16. The molecule has 3 rings (SSSR count). The van der Waals surface area contributed by atoms with Gasteiger partial charge in [0.25, 0.3) is 0 Å². The number of carbonyl (C=O) groups is 2. The summed E-state index contributed by atoms with van der Waals surface area (Å²) in [4.78, 5) is 28.6. The Morgan fingerprint density at radius 2 is 1.92 bits per heavy atom. The molecule has 2 heterocycles. The van der Waals surface area contributed by atoms with Crippen molar-refractivity contribution in [2.75, 3.05) is 16.4 Å². The number of amides is 1. The zero-order valence-corrected chi connectivity index (χ0v) is 15.0. The molecule has 0 aromatic heterocycles. The second kappa shape index (κ2) is 7.17. The number of aliphatic imine (C=N–C) groups is 1. The molecule has 2 saturated heterocycles. The number of anilines is 1. The Kier molecular flexibility index (Phi) is 5.14. The number of thioether (sulfide) groups is 1. The van der Waals surface area contributed by atoms with Gasteiger partial charge in [0.15, 0.2) is 15.0 Å². The molecule has 1 aromatic rings. The number of rotatable bonds is 5. The van der Waals surface area contributed by atoms with Crippen LogP contribution >= 0.6 is 11.8 Å². The summed E-state index contributed by atoms with van der Waals surface area (Å²) in [5, 5.41) is 9.00. The molecule has 0 spiro atoms. The summed E-state index contributed by atoms with van der Waals surface area (Å²) in [7, 11) is -3.09. The number of para-hydroxylation sites is 1. The quantitative estimate of drug-likeness (QED) is 0.824. The number of sulfone groups is 1. The molecule has 2 fully saturated rings. The SMILES string of the molecule is O=C(O)CCCC(=O)N=C1SC2CS(=O)(=O)CC2N1c1ccccc1.